The Morgan fingerprint density at radius 3 is 2.80 bits per heavy atom. The number of hydrogen-bond donors (Lipinski definition) is 2. The molecular formula is C15H18N4S. The molecule has 0 fully saturated rings. The van der Waals surface area contributed by atoms with Gasteiger partial charge in [-0.05, 0) is 38.5 Å². The predicted molar refractivity (Wildman–Crippen MR) is 80.5 cm³/mol. The van der Waals surface area contributed by atoms with Crippen molar-refractivity contribution in [1.29, 1.82) is 5.26 Å². The van der Waals surface area contributed by atoms with Crippen molar-refractivity contribution in [2.45, 2.75) is 42.9 Å². The van der Waals surface area contributed by atoms with Crippen molar-refractivity contribution in [1.82, 2.24) is 15.3 Å². The van der Waals surface area contributed by atoms with Gasteiger partial charge in [0.2, 0.25) is 0 Å². The van der Waals surface area contributed by atoms with Crippen molar-refractivity contribution >= 4 is 11.8 Å². The topological polar surface area (TPSA) is 64.5 Å². The van der Waals surface area contributed by atoms with Gasteiger partial charge in [-0.3, -0.25) is 0 Å². The first-order valence-electron chi connectivity index (χ1n) is 6.43. The maximum atomic E-state index is 9.29. The van der Waals surface area contributed by atoms with Crippen LogP contribution >= 0.6 is 11.8 Å². The van der Waals surface area contributed by atoms with Crippen LogP contribution in [0.4, 0.5) is 0 Å². The molecule has 4 nitrogen and oxygen atoms in total. The second kappa shape index (κ2) is 6.12. The number of H-pyrrole nitrogens is 1. The molecule has 2 rings (SSSR count). The molecule has 1 aromatic carbocycles. The Hall–Kier alpha value is -1.77. The Labute approximate surface area is 123 Å². The zero-order valence-electron chi connectivity index (χ0n) is 11.9. The summed E-state index contributed by atoms with van der Waals surface area (Å²) in [5.41, 5.74) is 1.86. The monoisotopic (exact) mass is 286 g/mol. The highest BCUT2D eigenvalue weighted by atomic mass is 32.2. The van der Waals surface area contributed by atoms with Crippen LogP contribution in [0.5, 0.6) is 0 Å². The fourth-order valence-electron chi connectivity index (χ4n) is 1.64. The van der Waals surface area contributed by atoms with Gasteiger partial charge in [0, 0.05) is 29.4 Å². The largest absolute Gasteiger partial charge is 0.339 e. The smallest absolute Gasteiger partial charge is 0.170 e. The van der Waals surface area contributed by atoms with Gasteiger partial charge >= 0.3 is 0 Å². The van der Waals surface area contributed by atoms with E-state index < -0.39 is 0 Å². The first-order chi connectivity index (χ1) is 9.48. The number of hydrogen-bond acceptors (Lipinski definition) is 4. The van der Waals surface area contributed by atoms with Gasteiger partial charge in [0.25, 0.3) is 0 Å². The third kappa shape index (κ3) is 4.12. The Morgan fingerprint density at radius 1 is 1.40 bits per heavy atom. The molecule has 0 saturated carbocycles. The second-order valence-electron chi connectivity index (χ2n) is 5.54. The highest BCUT2D eigenvalue weighted by molar-refractivity contribution is 7.99. The lowest BCUT2D eigenvalue weighted by Gasteiger charge is -2.20. The summed E-state index contributed by atoms with van der Waals surface area (Å²) in [5.74, 6) is 0. The van der Waals surface area contributed by atoms with Crippen LogP contribution in [0, 0.1) is 11.3 Å². The van der Waals surface area contributed by atoms with Crippen LogP contribution < -0.4 is 5.32 Å². The standard InChI is InChI=1S/C15H18N4S/c1-15(2,3)19-10-11-4-5-13(12(8-11)9-16)20-14-17-6-7-18-14/h4-8,19H,10H2,1-3H3,(H,17,18). The van der Waals surface area contributed by atoms with Crippen LogP contribution in [0.1, 0.15) is 31.9 Å². The Kier molecular flexibility index (Phi) is 4.48. The molecular weight excluding hydrogens is 268 g/mol. The summed E-state index contributed by atoms with van der Waals surface area (Å²) in [6.07, 6.45) is 3.48. The van der Waals surface area contributed by atoms with E-state index in [1.54, 1.807) is 12.4 Å². The van der Waals surface area contributed by atoms with Crippen LogP contribution in [-0.2, 0) is 6.54 Å². The SMILES string of the molecule is CC(C)(C)NCc1ccc(Sc2ncc[nH]2)c(C#N)c1. The maximum absolute atomic E-state index is 9.29. The third-order valence-corrected chi connectivity index (χ3v) is 3.66. The molecule has 0 saturated heterocycles. The average molecular weight is 286 g/mol. The predicted octanol–water partition coefficient (Wildman–Crippen LogP) is 3.32. The molecule has 2 N–H and O–H groups in total. The highest BCUT2D eigenvalue weighted by Gasteiger charge is 2.10. The van der Waals surface area contributed by atoms with E-state index in [2.05, 4.69) is 42.1 Å². The summed E-state index contributed by atoms with van der Waals surface area (Å²) >= 11 is 1.47. The van der Waals surface area contributed by atoms with Crippen LogP contribution in [-0.4, -0.2) is 15.5 Å². The number of rotatable bonds is 4. The normalized spacial score (nSPS) is 11.3. The Bertz CT molecular complexity index is 606. The van der Waals surface area contributed by atoms with Crippen LogP contribution in [0.25, 0.3) is 0 Å². The van der Waals surface area contributed by atoms with Crippen LogP contribution in [0.3, 0.4) is 0 Å². The number of aromatic nitrogens is 2. The lowest BCUT2D eigenvalue weighted by Crippen LogP contribution is -2.35. The van der Waals surface area contributed by atoms with Gasteiger partial charge in [-0.1, -0.05) is 17.8 Å². The minimum Gasteiger partial charge on any atom is -0.339 e. The number of nitriles is 1. The number of benzene rings is 1. The van der Waals surface area contributed by atoms with Crippen molar-refractivity contribution in [2.75, 3.05) is 0 Å². The fraction of sp³-hybridized carbons (Fsp3) is 0.333. The minimum absolute atomic E-state index is 0.0639. The first kappa shape index (κ1) is 14.6. The summed E-state index contributed by atoms with van der Waals surface area (Å²) in [7, 11) is 0. The molecule has 0 atom stereocenters. The van der Waals surface area contributed by atoms with E-state index in [9.17, 15) is 5.26 Å². The molecule has 0 spiro atoms. The van der Waals surface area contributed by atoms with E-state index >= 15 is 0 Å². The van der Waals surface area contributed by atoms with E-state index in [0.717, 1.165) is 22.2 Å². The van der Waals surface area contributed by atoms with E-state index in [1.165, 1.54) is 11.8 Å². The highest BCUT2D eigenvalue weighted by Crippen LogP contribution is 2.28. The van der Waals surface area contributed by atoms with Crippen LogP contribution in [0.2, 0.25) is 0 Å². The van der Waals surface area contributed by atoms with Gasteiger partial charge in [-0.2, -0.15) is 5.26 Å². The van der Waals surface area contributed by atoms with Crippen LogP contribution in [0.15, 0.2) is 40.6 Å². The molecule has 2 aromatic rings. The van der Waals surface area contributed by atoms with Gasteiger partial charge in [-0.25, -0.2) is 4.98 Å². The molecule has 1 heterocycles. The first-order valence-corrected chi connectivity index (χ1v) is 7.25. The van der Waals surface area contributed by atoms with Gasteiger partial charge in [0.15, 0.2) is 5.16 Å². The molecule has 1 aromatic heterocycles. The van der Waals surface area contributed by atoms with E-state index in [4.69, 9.17) is 0 Å². The summed E-state index contributed by atoms with van der Waals surface area (Å²) in [5, 5.41) is 13.5. The van der Waals surface area contributed by atoms with Crippen molar-refractivity contribution in [2.24, 2.45) is 0 Å². The van der Waals surface area contributed by atoms with Crippen molar-refractivity contribution < 1.29 is 0 Å². The summed E-state index contributed by atoms with van der Waals surface area (Å²) in [6.45, 7) is 7.13. The Balaban J connectivity index is 2.14. The molecule has 0 amide bonds. The fourth-order valence-corrected chi connectivity index (χ4v) is 2.44. The summed E-state index contributed by atoms with van der Waals surface area (Å²) in [6, 6.07) is 8.21. The van der Waals surface area contributed by atoms with Gasteiger partial charge in [-0.15, -0.1) is 0 Å². The lowest BCUT2D eigenvalue weighted by molar-refractivity contribution is 0.424. The van der Waals surface area contributed by atoms with E-state index in [-0.39, 0.29) is 5.54 Å². The molecule has 0 aliphatic heterocycles. The van der Waals surface area contributed by atoms with Gasteiger partial charge in [0.1, 0.15) is 6.07 Å². The number of imidazole rings is 1. The number of aromatic amines is 1. The molecule has 0 unspecified atom stereocenters. The molecule has 0 bridgehead atoms. The average Bonchev–Trinajstić information content (AvgIpc) is 2.89. The maximum Gasteiger partial charge on any atom is 0.170 e. The van der Waals surface area contributed by atoms with Crippen molar-refractivity contribution in [3.05, 3.63) is 41.7 Å². The number of nitrogens with one attached hydrogen (secondary N) is 2. The molecule has 5 heteroatoms. The summed E-state index contributed by atoms with van der Waals surface area (Å²) < 4.78 is 0. The third-order valence-electron chi connectivity index (χ3n) is 2.67. The Morgan fingerprint density at radius 2 is 2.20 bits per heavy atom. The van der Waals surface area contributed by atoms with Crippen molar-refractivity contribution in [3.63, 3.8) is 0 Å². The molecule has 20 heavy (non-hydrogen) atoms. The zero-order chi connectivity index (χ0) is 14.6. The minimum atomic E-state index is 0.0639. The molecule has 0 aliphatic carbocycles. The van der Waals surface area contributed by atoms with E-state index in [0.29, 0.717) is 5.56 Å². The summed E-state index contributed by atoms with van der Waals surface area (Å²) in [4.78, 5) is 8.11. The second-order valence-corrected chi connectivity index (χ2v) is 6.57. The quantitative estimate of drug-likeness (QED) is 0.905. The van der Waals surface area contributed by atoms with Crippen molar-refractivity contribution in [3.8, 4) is 6.07 Å². The molecule has 104 valence electrons. The lowest BCUT2D eigenvalue weighted by atomic mass is 10.1. The van der Waals surface area contributed by atoms with Gasteiger partial charge < -0.3 is 10.3 Å². The number of nitrogens with zero attached hydrogens (tertiary/aromatic N) is 2. The zero-order valence-corrected chi connectivity index (χ0v) is 12.7. The molecule has 0 radical (unpaired) electrons. The molecule has 0 aliphatic rings. The van der Waals surface area contributed by atoms with Gasteiger partial charge in [0.05, 0.1) is 5.56 Å². The van der Waals surface area contributed by atoms with E-state index in [1.807, 2.05) is 18.2 Å².